The molecule has 0 atom stereocenters. The van der Waals surface area contributed by atoms with E-state index in [1.165, 1.54) is 6.33 Å². The van der Waals surface area contributed by atoms with Gasteiger partial charge in [-0.2, -0.15) is 0 Å². The molecule has 0 fully saturated rings. The van der Waals surface area contributed by atoms with E-state index in [4.69, 9.17) is 4.74 Å². The van der Waals surface area contributed by atoms with Crippen LogP contribution in [0.3, 0.4) is 0 Å². The molecule has 0 aliphatic carbocycles. The van der Waals surface area contributed by atoms with Crippen molar-refractivity contribution in [3.63, 3.8) is 0 Å². The molecule has 0 saturated carbocycles. The predicted octanol–water partition coefficient (Wildman–Crippen LogP) is 4.13. The summed E-state index contributed by atoms with van der Waals surface area (Å²) < 4.78 is 5.23. The van der Waals surface area contributed by atoms with Crippen LogP contribution in [0.1, 0.15) is 35.7 Å². The molecule has 3 aromatic rings. The lowest BCUT2D eigenvalue weighted by Gasteiger charge is -2.13. The Kier molecular flexibility index (Phi) is 4.16. The van der Waals surface area contributed by atoms with Gasteiger partial charge in [0.15, 0.2) is 0 Å². The van der Waals surface area contributed by atoms with Crippen LogP contribution in [-0.2, 0) is 0 Å². The highest BCUT2D eigenvalue weighted by atomic mass is 16.5. The monoisotopic (exact) mass is 322 g/mol. The first-order valence-electron chi connectivity index (χ1n) is 7.67. The molecule has 0 spiro atoms. The third-order valence-electron chi connectivity index (χ3n) is 4.02. The molecule has 1 heterocycles. The number of ether oxygens (including phenoxy) is 1. The normalized spacial score (nSPS) is 11.0. The van der Waals surface area contributed by atoms with Gasteiger partial charge in [-0.15, -0.1) is 0 Å². The van der Waals surface area contributed by atoms with Crippen LogP contribution in [0.15, 0.2) is 42.7 Å². The Morgan fingerprint density at radius 3 is 2.58 bits per heavy atom. The quantitative estimate of drug-likeness (QED) is 0.782. The van der Waals surface area contributed by atoms with Gasteiger partial charge >= 0.3 is 5.97 Å². The van der Waals surface area contributed by atoms with Crippen LogP contribution in [0.2, 0.25) is 0 Å². The molecular weight excluding hydrogens is 304 g/mol. The Balaban J connectivity index is 2.20. The van der Waals surface area contributed by atoms with E-state index in [1.54, 1.807) is 19.2 Å². The number of nitrogens with zero attached hydrogens (tertiary/aromatic N) is 2. The van der Waals surface area contributed by atoms with Gasteiger partial charge in [0.2, 0.25) is 0 Å². The van der Waals surface area contributed by atoms with Gasteiger partial charge in [0.25, 0.3) is 0 Å². The fourth-order valence-electron chi connectivity index (χ4n) is 2.78. The lowest BCUT2D eigenvalue weighted by atomic mass is 9.93. The number of aromatic carboxylic acids is 1. The molecule has 0 amide bonds. The molecule has 0 saturated heterocycles. The summed E-state index contributed by atoms with van der Waals surface area (Å²) in [5, 5.41) is 10.3. The Bertz CT molecular complexity index is 920. The standard InChI is InChI=1S/C19H18N2O3/c1-11(2)16-8-12(4-6-14(16)19(22)23)18-15-7-5-13(24-3)9-17(15)20-10-21-18/h4-11H,1-3H3,(H,22,23). The molecular formula is C19H18N2O3. The minimum absolute atomic E-state index is 0.101. The summed E-state index contributed by atoms with van der Waals surface area (Å²) in [6.45, 7) is 3.96. The Labute approximate surface area is 140 Å². The van der Waals surface area contributed by atoms with E-state index in [2.05, 4.69) is 9.97 Å². The summed E-state index contributed by atoms with van der Waals surface area (Å²) in [5.41, 5.74) is 3.56. The van der Waals surface area contributed by atoms with Crippen LogP contribution in [-0.4, -0.2) is 28.2 Å². The van der Waals surface area contributed by atoms with E-state index in [0.29, 0.717) is 5.56 Å². The lowest BCUT2D eigenvalue weighted by Crippen LogP contribution is -2.04. The predicted molar refractivity (Wildman–Crippen MR) is 92.6 cm³/mol. The summed E-state index contributed by atoms with van der Waals surface area (Å²) in [5.74, 6) is -0.0805. The van der Waals surface area contributed by atoms with Gasteiger partial charge in [0, 0.05) is 17.0 Å². The average Bonchev–Trinajstić information content (AvgIpc) is 2.60. The third-order valence-corrected chi connectivity index (χ3v) is 4.02. The third kappa shape index (κ3) is 2.80. The topological polar surface area (TPSA) is 72.3 Å². The number of carboxylic acid groups (broad SMARTS) is 1. The molecule has 1 N–H and O–H groups in total. The van der Waals surface area contributed by atoms with Gasteiger partial charge < -0.3 is 9.84 Å². The van der Waals surface area contributed by atoms with E-state index >= 15 is 0 Å². The fraction of sp³-hybridized carbons (Fsp3) is 0.211. The molecule has 0 bridgehead atoms. The number of hydrogen-bond donors (Lipinski definition) is 1. The Hall–Kier alpha value is -2.95. The van der Waals surface area contributed by atoms with E-state index in [0.717, 1.165) is 33.5 Å². The Morgan fingerprint density at radius 1 is 1.12 bits per heavy atom. The molecule has 5 nitrogen and oxygen atoms in total. The zero-order chi connectivity index (χ0) is 17.3. The molecule has 24 heavy (non-hydrogen) atoms. The minimum atomic E-state index is -0.914. The van der Waals surface area contributed by atoms with E-state index < -0.39 is 5.97 Å². The van der Waals surface area contributed by atoms with Crippen molar-refractivity contribution < 1.29 is 14.6 Å². The molecule has 2 aromatic carbocycles. The smallest absolute Gasteiger partial charge is 0.335 e. The van der Waals surface area contributed by atoms with Crippen LogP contribution in [0, 0.1) is 0 Å². The van der Waals surface area contributed by atoms with Crippen molar-refractivity contribution in [2.45, 2.75) is 19.8 Å². The van der Waals surface area contributed by atoms with Crippen molar-refractivity contribution in [1.82, 2.24) is 9.97 Å². The molecule has 5 heteroatoms. The summed E-state index contributed by atoms with van der Waals surface area (Å²) in [7, 11) is 1.61. The number of carboxylic acids is 1. The summed E-state index contributed by atoms with van der Waals surface area (Å²) in [6, 6.07) is 11.0. The number of hydrogen-bond acceptors (Lipinski definition) is 4. The minimum Gasteiger partial charge on any atom is -0.497 e. The molecule has 0 radical (unpaired) electrons. The van der Waals surface area contributed by atoms with Gasteiger partial charge in [-0.05, 0) is 35.7 Å². The number of methoxy groups -OCH3 is 1. The van der Waals surface area contributed by atoms with E-state index in [-0.39, 0.29) is 5.92 Å². The molecule has 0 aliphatic heterocycles. The zero-order valence-corrected chi connectivity index (χ0v) is 13.8. The average molecular weight is 322 g/mol. The second-order valence-electron chi connectivity index (χ2n) is 5.87. The first-order chi connectivity index (χ1) is 11.5. The second kappa shape index (κ2) is 6.28. The van der Waals surface area contributed by atoms with Crippen LogP contribution < -0.4 is 4.74 Å². The number of benzene rings is 2. The van der Waals surface area contributed by atoms with Gasteiger partial charge in [0.1, 0.15) is 12.1 Å². The van der Waals surface area contributed by atoms with Crippen molar-refractivity contribution >= 4 is 16.9 Å². The van der Waals surface area contributed by atoms with Crippen LogP contribution >= 0.6 is 0 Å². The van der Waals surface area contributed by atoms with Crippen molar-refractivity contribution in [3.8, 4) is 17.0 Å². The molecule has 1 aromatic heterocycles. The van der Waals surface area contributed by atoms with Crippen molar-refractivity contribution in [2.24, 2.45) is 0 Å². The van der Waals surface area contributed by atoms with Gasteiger partial charge in [0.05, 0.1) is 23.9 Å². The van der Waals surface area contributed by atoms with Gasteiger partial charge in [-0.1, -0.05) is 19.9 Å². The summed E-state index contributed by atoms with van der Waals surface area (Å²) >= 11 is 0. The molecule has 3 rings (SSSR count). The lowest BCUT2D eigenvalue weighted by molar-refractivity contribution is 0.0695. The highest BCUT2D eigenvalue weighted by Gasteiger charge is 2.15. The van der Waals surface area contributed by atoms with Crippen molar-refractivity contribution in [2.75, 3.05) is 7.11 Å². The zero-order valence-electron chi connectivity index (χ0n) is 13.8. The van der Waals surface area contributed by atoms with Crippen molar-refractivity contribution in [1.29, 1.82) is 0 Å². The maximum Gasteiger partial charge on any atom is 0.335 e. The first kappa shape index (κ1) is 15.9. The molecule has 0 unspecified atom stereocenters. The maximum atomic E-state index is 11.4. The van der Waals surface area contributed by atoms with Gasteiger partial charge in [-0.25, -0.2) is 14.8 Å². The highest BCUT2D eigenvalue weighted by Crippen LogP contribution is 2.31. The summed E-state index contributed by atoms with van der Waals surface area (Å²) in [6.07, 6.45) is 1.51. The largest absolute Gasteiger partial charge is 0.497 e. The van der Waals surface area contributed by atoms with Crippen LogP contribution in [0.5, 0.6) is 5.75 Å². The highest BCUT2D eigenvalue weighted by molar-refractivity contribution is 5.95. The van der Waals surface area contributed by atoms with E-state index in [1.807, 2.05) is 38.1 Å². The first-order valence-corrected chi connectivity index (χ1v) is 7.67. The van der Waals surface area contributed by atoms with E-state index in [9.17, 15) is 9.90 Å². The number of carbonyl (C=O) groups is 1. The second-order valence-corrected chi connectivity index (χ2v) is 5.87. The maximum absolute atomic E-state index is 11.4. The van der Waals surface area contributed by atoms with Crippen LogP contribution in [0.4, 0.5) is 0 Å². The number of rotatable bonds is 4. The molecule has 0 aliphatic rings. The molecule has 122 valence electrons. The number of fused-ring (bicyclic) bond motifs is 1. The van der Waals surface area contributed by atoms with Gasteiger partial charge in [-0.3, -0.25) is 0 Å². The Morgan fingerprint density at radius 2 is 1.92 bits per heavy atom. The number of aromatic nitrogens is 2. The van der Waals surface area contributed by atoms with Crippen molar-refractivity contribution in [3.05, 3.63) is 53.9 Å². The SMILES string of the molecule is COc1ccc2c(-c3ccc(C(=O)O)c(C(C)C)c3)ncnc2c1. The fourth-order valence-corrected chi connectivity index (χ4v) is 2.78. The van der Waals surface area contributed by atoms with Crippen LogP contribution in [0.25, 0.3) is 22.2 Å². The summed E-state index contributed by atoms with van der Waals surface area (Å²) in [4.78, 5) is 20.1.